The fraction of sp³-hybridized carbons (Fsp3) is 0.875. The van der Waals surface area contributed by atoms with Crippen LogP contribution in [0.3, 0.4) is 0 Å². The van der Waals surface area contributed by atoms with E-state index in [2.05, 4.69) is 27.9 Å². The van der Waals surface area contributed by atoms with Crippen molar-refractivity contribution in [1.82, 2.24) is 0 Å². The van der Waals surface area contributed by atoms with Gasteiger partial charge in [0, 0.05) is 5.88 Å². The minimum Gasteiger partial charge on any atom is -0.461 e. The molecule has 114 valence electrons. The van der Waals surface area contributed by atoms with Gasteiger partial charge >= 0.3 is 22.4 Å². The average molecular weight is 372 g/mol. The summed E-state index contributed by atoms with van der Waals surface area (Å²) in [6.07, 6.45) is -0.133. The Morgan fingerprint density at radius 1 is 1.16 bits per heavy atom. The lowest BCUT2D eigenvalue weighted by atomic mass is 10.2. The largest absolute Gasteiger partial charge is 0.461 e. The molecule has 0 heterocycles. The number of carbonyl (C=O) groups is 1. The molecule has 0 radical (unpaired) electrons. The van der Waals surface area contributed by atoms with Gasteiger partial charge in [0.05, 0.1) is 12.0 Å². The third kappa shape index (κ3) is 4.65. The van der Waals surface area contributed by atoms with Crippen molar-refractivity contribution in [1.29, 1.82) is 0 Å². The van der Waals surface area contributed by atoms with Gasteiger partial charge in [0.25, 0.3) is 0 Å². The SMILES string of the molecule is O=C(OCCC(Cl)CCl)C(F)(F)C(F)(Cl)C(F)(F)Cl. The van der Waals surface area contributed by atoms with E-state index in [4.69, 9.17) is 23.2 Å². The summed E-state index contributed by atoms with van der Waals surface area (Å²) in [6.45, 7) is -0.670. The molecule has 19 heavy (non-hydrogen) atoms. The molecule has 0 aliphatic heterocycles. The fourth-order valence-corrected chi connectivity index (χ4v) is 1.19. The highest BCUT2D eigenvalue weighted by Gasteiger charge is 2.73. The zero-order chi connectivity index (χ0) is 15.5. The number of esters is 1. The molecule has 0 bridgehead atoms. The van der Waals surface area contributed by atoms with Gasteiger partial charge in [0.1, 0.15) is 0 Å². The third-order valence-corrected chi connectivity index (χ3v) is 3.57. The highest BCUT2D eigenvalue weighted by Crippen LogP contribution is 2.50. The van der Waals surface area contributed by atoms with Crippen LogP contribution in [0, 0.1) is 0 Å². The van der Waals surface area contributed by atoms with Crippen LogP contribution in [0.1, 0.15) is 6.42 Å². The highest BCUT2D eigenvalue weighted by atomic mass is 35.5. The Labute approximate surface area is 125 Å². The number of hydrogen-bond acceptors (Lipinski definition) is 2. The van der Waals surface area contributed by atoms with Gasteiger partial charge < -0.3 is 4.74 Å². The first-order chi connectivity index (χ1) is 8.38. The lowest BCUT2D eigenvalue weighted by Crippen LogP contribution is -2.55. The van der Waals surface area contributed by atoms with E-state index in [1.54, 1.807) is 0 Å². The van der Waals surface area contributed by atoms with Crippen molar-refractivity contribution < 1.29 is 31.5 Å². The van der Waals surface area contributed by atoms with Crippen LogP contribution >= 0.6 is 46.4 Å². The molecule has 0 saturated heterocycles. The van der Waals surface area contributed by atoms with E-state index >= 15 is 0 Å². The maximum absolute atomic E-state index is 13.1. The predicted octanol–water partition coefficient (Wildman–Crippen LogP) is 4.14. The van der Waals surface area contributed by atoms with Crippen LogP contribution in [0.15, 0.2) is 0 Å². The lowest BCUT2D eigenvalue weighted by Gasteiger charge is -2.28. The second kappa shape index (κ2) is 6.83. The number of alkyl halides is 9. The molecule has 0 aliphatic rings. The van der Waals surface area contributed by atoms with Crippen LogP contribution in [-0.2, 0) is 9.53 Å². The molecule has 0 N–H and O–H groups in total. The summed E-state index contributed by atoms with van der Waals surface area (Å²) in [5.74, 6) is -7.98. The topological polar surface area (TPSA) is 26.3 Å². The molecule has 0 aromatic carbocycles. The Hall–Kier alpha value is 0.280. The van der Waals surface area contributed by atoms with E-state index in [1.165, 1.54) is 0 Å². The Bertz CT molecular complexity index is 321. The van der Waals surface area contributed by atoms with Gasteiger partial charge in [-0.1, -0.05) is 11.6 Å². The standard InChI is InChI=1S/C8H7Cl4F5O2/c9-3-4(10)1-2-19-5(18)6(13,14)7(11,15)8(12,16)17/h4H,1-3H2. The molecule has 2 nitrogen and oxygen atoms in total. The minimum absolute atomic E-state index is 0.0577. The smallest absolute Gasteiger partial charge is 0.397 e. The zero-order valence-electron chi connectivity index (χ0n) is 8.92. The van der Waals surface area contributed by atoms with Gasteiger partial charge in [-0.2, -0.15) is 17.6 Å². The molecule has 0 amide bonds. The van der Waals surface area contributed by atoms with Crippen LogP contribution in [0.25, 0.3) is 0 Å². The highest BCUT2D eigenvalue weighted by molar-refractivity contribution is 6.34. The molecule has 2 atom stereocenters. The van der Waals surface area contributed by atoms with E-state index in [1.807, 2.05) is 0 Å². The van der Waals surface area contributed by atoms with Gasteiger partial charge in [-0.3, -0.25) is 0 Å². The molecule has 0 saturated carbocycles. The van der Waals surface area contributed by atoms with Crippen molar-refractivity contribution in [2.24, 2.45) is 0 Å². The quantitative estimate of drug-likeness (QED) is 0.382. The van der Waals surface area contributed by atoms with Crippen LogP contribution in [0.4, 0.5) is 22.0 Å². The number of halogens is 9. The molecular weight excluding hydrogens is 365 g/mol. The molecule has 0 spiro atoms. The monoisotopic (exact) mass is 370 g/mol. The molecule has 0 aromatic heterocycles. The molecule has 11 heteroatoms. The van der Waals surface area contributed by atoms with Gasteiger partial charge in [-0.15, -0.1) is 23.2 Å². The number of carbonyl (C=O) groups excluding carboxylic acids is 1. The van der Waals surface area contributed by atoms with E-state index < -0.39 is 34.4 Å². The number of rotatable bonds is 7. The van der Waals surface area contributed by atoms with Crippen LogP contribution in [0.2, 0.25) is 0 Å². The number of ether oxygens (including phenoxy) is 1. The van der Waals surface area contributed by atoms with Gasteiger partial charge in [0.15, 0.2) is 0 Å². The van der Waals surface area contributed by atoms with E-state index in [9.17, 15) is 26.7 Å². The van der Waals surface area contributed by atoms with Crippen molar-refractivity contribution in [3.05, 3.63) is 0 Å². The summed E-state index contributed by atoms with van der Waals surface area (Å²) < 4.78 is 67.9. The van der Waals surface area contributed by atoms with Crippen molar-refractivity contribution in [3.63, 3.8) is 0 Å². The molecule has 0 fully saturated rings. The van der Waals surface area contributed by atoms with Crippen molar-refractivity contribution in [2.75, 3.05) is 12.5 Å². The van der Waals surface area contributed by atoms with Crippen LogP contribution in [-0.4, -0.2) is 40.3 Å². The van der Waals surface area contributed by atoms with E-state index in [-0.39, 0.29) is 12.3 Å². The fourth-order valence-electron chi connectivity index (χ4n) is 0.753. The maximum Gasteiger partial charge on any atom is 0.397 e. The van der Waals surface area contributed by atoms with Crippen molar-refractivity contribution in [3.8, 4) is 0 Å². The Morgan fingerprint density at radius 3 is 2.00 bits per heavy atom. The Balaban J connectivity index is 4.69. The normalized spacial score (nSPS) is 17.7. The summed E-state index contributed by atoms with van der Waals surface area (Å²) in [4.78, 5) is 10.9. The lowest BCUT2D eigenvalue weighted by molar-refractivity contribution is -0.207. The number of hydrogen-bond donors (Lipinski definition) is 0. The molecular formula is C8H7Cl4F5O2. The summed E-state index contributed by atoms with van der Waals surface area (Å²) in [6, 6.07) is 0. The summed E-state index contributed by atoms with van der Waals surface area (Å²) in [5, 5.41) is -11.0. The first kappa shape index (κ1) is 19.3. The summed E-state index contributed by atoms with van der Waals surface area (Å²) in [5.41, 5.74) is 0. The summed E-state index contributed by atoms with van der Waals surface area (Å²) in [7, 11) is 0. The first-order valence-electron chi connectivity index (χ1n) is 4.57. The first-order valence-corrected chi connectivity index (χ1v) is 6.30. The predicted molar refractivity (Wildman–Crippen MR) is 61.4 cm³/mol. The Kier molecular flexibility index (Phi) is 6.93. The minimum atomic E-state index is -5.34. The Morgan fingerprint density at radius 2 is 1.63 bits per heavy atom. The molecule has 0 rings (SSSR count). The molecule has 0 aliphatic carbocycles. The maximum atomic E-state index is 13.1. The van der Waals surface area contributed by atoms with Crippen molar-refractivity contribution >= 4 is 52.4 Å². The molecule has 2 unspecified atom stereocenters. The van der Waals surface area contributed by atoms with E-state index in [0.29, 0.717) is 0 Å². The summed E-state index contributed by atoms with van der Waals surface area (Å²) >= 11 is 19.2. The average Bonchev–Trinajstić information content (AvgIpc) is 2.26. The van der Waals surface area contributed by atoms with Gasteiger partial charge in [0.2, 0.25) is 0 Å². The molecule has 0 aromatic rings. The zero-order valence-corrected chi connectivity index (χ0v) is 11.9. The van der Waals surface area contributed by atoms with Gasteiger partial charge in [-0.25, -0.2) is 9.18 Å². The van der Waals surface area contributed by atoms with Gasteiger partial charge in [-0.05, 0) is 18.0 Å². The second-order valence-electron chi connectivity index (χ2n) is 3.32. The van der Waals surface area contributed by atoms with Crippen molar-refractivity contribution in [2.45, 2.75) is 28.2 Å². The van der Waals surface area contributed by atoms with E-state index in [0.717, 1.165) is 0 Å². The third-order valence-electron chi connectivity index (χ3n) is 1.84. The second-order valence-corrected chi connectivity index (χ2v) is 5.24. The van der Waals surface area contributed by atoms with Crippen LogP contribution < -0.4 is 0 Å². The van der Waals surface area contributed by atoms with Crippen LogP contribution in [0.5, 0.6) is 0 Å².